The average Bonchev–Trinajstić information content (AvgIpc) is 2.86. The molecule has 4 aromatic rings. The van der Waals surface area contributed by atoms with Gasteiger partial charge in [-0.15, -0.1) is 0 Å². The standard InChI is InChI=1S/C29H27ClN2O4S/c1-20-9-10-21(2)27(17-20)32(37(3,34)35)19-22-11-13-23(14-12-22)29(33)31-26-18-24(30)15-16-28(26)36-25-7-5-4-6-8-25/h4-18H,19H2,1-3H3,(H,31,33). The summed E-state index contributed by atoms with van der Waals surface area (Å²) < 4.78 is 32.5. The van der Waals surface area contributed by atoms with Gasteiger partial charge in [0.15, 0.2) is 5.75 Å². The Balaban J connectivity index is 1.53. The summed E-state index contributed by atoms with van der Waals surface area (Å²) in [6, 6.07) is 26.8. The van der Waals surface area contributed by atoms with Crippen molar-refractivity contribution in [2.75, 3.05) is 15.9 Å². The molecule has 0 aliphatic rings. The second-order valence-electron chi connectivity index (χ2n) is 8.77. The Morgan fingerprint density at radius 3 is 2.30 bits per heavy atom. The summed E-state index contributed by atoms with van der Waals surface area (Å²) in [7, 11) is -3.53. The number of ether oxygens (including phenoxy) is 1. The Kier molecular flexibility index (Phi) is 7.86. The van der Waals surface area contributed by atoms with Crippen LogP contribution in [0.1, 0.15) is 27.0 Å². The van der Waals surface area contributed by atoms with Crippen molar-refractivity contribution < 1.29 is 17.9 Å². The van der Waals surface area contributed by atoms with E-state index in [-0.39, 0.29) is 12.5 Å². The van der Waals surface area contributed by atoms with Gasteiger partial charge >= 0.3 is 0 Å². The third-order valence-electron chi connectivity index (χ3n) is 5.74. The van der Waals surface area contributed by atoms with Crippen LogP contribution in [0.2, 0.25) is 5.02 Å². The van der Waals surface area contributed by atoms with Crippen molar-refractivity contribution in [1.82, 2.24) is 0 Å². The lowest BCUT2D eigenvalue weighted by Gasteiger charge is -2.25. The summed E-state index contributed by atoms with van der Waals surface area (Å²) in [6.45, 7) is 3.95. The number of para-hydroxylation sites is 1. The number of hydrogen-bond donors (Lipinski definition) is 1. The van der Waals surface area contributed by atoms with Crippen LogP contribution in [0.15, 0.2) is 91.0 Å². The van der Waals surface area contributed by atoms with Crippen molar-refractivity contribution in [3.63, 3.8) is 0 Å². The fraction of sp³-hybridized carbons (Fsp3) is 0.138. The highest BCUT2D eigenvalue weighted by Crippen LogP contribution is 2.32. The molecule has 37 heavy (non-hydrogen) atoms. The van der Waals surface area contributed by atoms with E-state index in [0.717, 1.165) is 16.7 Å². The van der Waals surface area contributed by atoms with Gasteiger partial charge in [-0.3, -0.25) is 9.10 Å². The largest absolute Gasteiger partial charge is 0.455 e. The van der Waals surface area contributed by atoms with Crippen LogP contribution in [0.5, 0.6) is 11.5 Å². The lowest BCUT2D eigenvalue weighted by molar-refractivity contribution is 0.102. The monoisotopic (exact) mass is 534 g/mol. The van der Waals surface area contributed by atoms with Gasteiger partial charge < -0.3 is 10.1 Å². The molecule has 0 aliphatic carbocycles. The number of aryl methyl sites for hydroxylation is 2. The molecule has 0 saturated carbocycles. The van der Waals surface area contributed by atoms with E-state index in [4.69, 9.17) is 16.3 Å². The number of nitrogens with one attached hydrogen (secondary N) is 1. The molecule has 1 amide bonds. The molecule has 0 saturated heterocycles. The van der Waals surface area contributed by atoms with E-state index in [0.29, 0.717) is 33.5 Å². The van der Waals surface area contributed by atoms with Crippen LogP contribution < -0.4 is 14.4 Å². The zero-order valence-corrected chi connectivity index (χ0v) is 22.3. The van der Waals surface area contributed by atoms with Crippen LogP contribution >= 0.6 is 11.6 Å². The quantitative estimate of drug-likeness (QED) is 0.265. The van der Waals surface area contributed by atoms with E-state index < -0.39 is 10.0 Å². The molecule has 0 spiro atoms. The minimum absolute atomic E-state index is 0.147. The van der Waals surface area contributed by atoms with Crippen molar-refractivity contribution in [3.8, 4) is 11.5 Å². The Morgan fingerprint density at radius 2 is 1.62 bits per heavy atom. The molecule has 190 valence electrons. The molecule has 8 heteroatoms. The minimum atomic E-state index is -3.53. The van der Waals surface area contributed by atoms with E-state index >= 15 is 0 Å². The summed E-state index contributed by atoms with van der Waals surface area (Å²) in [5, 5.41) is 3.31. The van der Waals surface area contributed by atoms with Crippen molar-refractivity contribution >= 4 is 38.9 Å². The van der Waals surface area contributed by atoms with Crippen LogP contribution in [0.25, 0.3) is 0 Å². The predicted octanol–water partition coefficient (Wildman–Crippen LogP) is 6.97. The maximum Gasteiger partial charge on any atom is 0.255 e. The molecule has 0 fully saturated rings. The predicted molar refractivity (Wildman–Crippen MR) is 149 cm³/mol. The Labute approximate surface area is 222 Å². The van der Waals surface area contributed by atoms with Gasteiger partial charge in [0.1, 0.15) is 5.75 Å². The number of carbonyl (C=O) groups is 1. The number of anilines is 2. The van der Waals surface area contributed by atoms with Crippen molar-refractivity contribution in [1.29, 1.82) is 0 Å². The molecule has 6 nitrogen and oxygen atoms in total. The fourth-order valence-corrected chi connectivity index (χ4v) is 4.91. The summed E-state index contributed by atoms with van der Waals surface area (Å²) >= 11 is 6.17. The third kappa shape index (κ3) is 6.70. The molecule has 0 aromatic heterocycles. The average molecular weight is 535 g/mol. The van der Waals surface area contributed by atoms with Crippen LogP contribution in [-0.2, 0) is 16.6 Å². The highest BCUT2D eigenvalue weighted by atomic mass is 35.5. The van der Waals surface area contributed by atoms with E-state index in [1.54, 1.807) is 42.5 Å². The number of benzene rings is 4. The maximum absolute atomic E-state index is 13.0. The summed E-state index contributed by atoms with van der Waals surface area (Å²) in [6.07, 6.45) is 1.19. The number of nitrogens with zero attached hydrogens (tertiary/aromatic N) is 1. The molecule has 0 atom stereocenters. The smallest absolute Gasteiger partial charge is 0.255 e. The molecule has 4 rings (SSSR count). The number of hydrogen-bond acceptors (Lipinski definition) is 4. The second kappa shape index (κ2) is 11.1. The van der Waals surface area contributed by atoms with E-state index in [1.807, 2.05) is 62.4 Å². The van der Waals surface area contributed by atoms with Crippen molar-refractivity contribution in [2.45, 2.75) is 20.4 Å². The first-order valence-electron chi connectivity index (χ1n) is 11.6. The van der Waals surface area contributed by atoms with Crippen molar-refractivity contribution in [3.05, 3.63) is 118 Å². The number of carbonyl (C=O) groups excluding carboxylic acids is 1. The molecular formula is C29H27ClN2O4S. The first-order chi connectivity index (χ1) is 17.6. The molecule has 1 N–H and O–H groups in total. The van der Waals surface area contributed by atoms with E-state index in [1.165, 1.54) is 10.6 Å². The van der Waals surface area contributed by atoms with Gasteiger partial charge in [0, 0.05) is 10.6 Å². The van der Waals surface area contributed by atoms with Gasteiger partial charge in [-0.25, -0.2) is 8.42 Å². The molecule has 0 radical (unpaired) electrons. The SMILES string of the molecule is Cc1ccc(C)c(N(Cc2ccc(C(=O)Nc3cc(Cl)ccc3Oc3ccccc3)cc2)S(C)(=O)=O)c1. The van der Waals surface area contributed by atoms with Crippen LogP contribution in [0, 0.1) is 13.8 Å². The maximum atomic E-state index is 13.0. The van der Waals surface area contributed by atoms with Gasteiger partial charge in [-0.2, -0.15) is 0 Å². The second-order valence-corrected chi connectivity index (χ2v) is 11.1. The van der Waals surface area contributed by atoms with E-state index in [2.05, 4.69) is 5.32 Å². The number of halogens is 1. The van der Waals surface area contributed by atoms with Crippen LogP contribution in [-0.4, -0.2) is 20.6 Å². The van der Waals surface area contributed by atoms with Gasteiger partial charge in [0.05, 0.1) is 24.2 Å². The molecular weight excluding hydrogens is 508 g/mol. The van der Waals surface area contributed by atoms with Gasteiger partial charge in [0.2, 0.25) is 10.0 Å². The zero-order chi connectivity index (χ0) is 26.6. The van der Waals surface area contributed by atoms with Gasteiger partial charge in [-0.1, -0.05) is 54.1 Å². The number of sulfonamides is 1. The van der Waals surface area contributed by atoms with Gasteiger partial charge in [0.25, 0.3) is 5.91 Å². The minimum Gasteiger partial charge on any atom is -0.455 e. The molecule has 4 aromatic carbocycles. The third-order valence-corrected chi connectivity index (χ3v) is 7.10. The number of rotatable bonds is 8. The Bertz CT molecular complexity index is 1520. The molecule has 0 aliphatic heterocycles. The number of amides is 1. The first-order valence-corrected chi connectivity index (χ1v) is 13.8. The Morgan fingerprint density at radius 1 is 0.919 bits per heavy atom. The van der Waals surface area contributed by atoms with E-state index in [9.17, 15) is 13.2 Å². The lowest BCUT2D eigenvalue weighted by atomic mass is 10.1. The molecule has 0 unspecified atom stereocenters. The topological polar surface area (TPSA) is 75.7 Å². The Hall–Kier alpha value is -3.81. The first kappa shape index (κ1) is 26.3. The highest BCUT2D eigenvalue weighted by molar-refractivity contribution is 7.92. The highest BCUT2D eigenvalue weighted by Gasteiger charge is 2.20. The normalized spacial score (nSPS) is 11.1. The van der Waals surface area contributed by atoms with Gasteiger partial charge in [-0.05, 0) is 79.1 Å². The summed E-state index contributed by atoms with van der Waals surface area (Å²) in [4.78, 5) is 13.0. The van der Waals surface area contributed by atoms with Crippen molar-refractivity contribution in [2.24, 2.45) is 0 Å². The fourth-order valence-electron chi connectivity index (χ4n) is 3.80. The summed E-state index contributed by atoms with van der Waals surface area (Å²) in [5.41, 5.74) is 4.06. The van der Waals surface area contributed by atoms with Crippen LogP contribution in [0.3, 0.4) is 0 Å². The lowest BCUT2D eigenvalue weighted by Crippen LogP contribution is -2.30. The van der Waals surface area contributed by atoms with Crippen LogP contribution in [0.4, 0.5) is 11.4 Å². The molecule has 0 bridgehead atoms. The summed E-state index contributed by atoms with van der Waals surface area (Å²) in [5.74, 6) is 0.739. The zero-order valence-electron chi connectivity index (χ0n) is 20.7. The molecule has 0 heterocycles.